The van der Waals surface area contributed by atoms with Crippen LogP contribution in [-0.4, -0.2) is 67.0 Å². The maximum absolute atomic E-state index is 12.7. The van der Waals surface area contributed by atoms with Crippen LogP contribution < -0.4 is 10.2 Å². The quantitative estimate of drug-likeness (QED) is 0.362. The van der Waals surface area contributed by atoms with E-state index in [9.17, 15) is 19.7 Å². The highest BCUT2D eigenvalue weighted by atomic mass is 16.6. The van der Waals surface area contributed by atoms with Crippen molar-refractivity contribution in [2.75, 3.05) is 50.6 Å². The highest BCUT2D eigenvalue weighted by Crippen LogP contribution is 2.30. The number of anilines is 2. The molecule has 1 aliphatic heterocycles. The highest BCUT2D eigenvalue weighted by Gasteiger charge is 2.24. The van der Waals surface area contributed by atoms with E-state index >= 15 is 0 Å². The van der Waals surface area contributed by atoms with Gasteiger partial charge in [-0.1, -0.05) is 0 Å². The van der Waals surface area contributed by atoms with E-state index in [0.717, 1.165) is 13.1 Å². The van der Waals surface area contributed by atoms with Gasteiger partial charge in [-0.25, -0.2) is 4.79 Å². The summed E-state index contributed by atoms with van der Waals surface area (Å²) in [7, 11) is 3.27. The van der Waals surface area contributed by atoms with E-state index < -0.39 is 16.8 Å². The Hall–Kier alpha value is -3.99. The van der Waals surface area contributed by atoms with Gasteiger partial charge in [0.05, 0.1) is 17.6 Å². The Labute approximate surface area is 182 Å². The normalized spacial score (nSPS) is 14.4. The summed E-state index contributed by atoms with van der Waals surface area (Å²) in [4.78, 5) is 43.8. The van der Waals surface area contributed by atoms with Crippen molar-refractivity contribution in [3.05, 3.63) is 57.6 Å². The van der Waals surface area contributed by atoms with Gasteiger partial charge in [0.1, 0.15) is 11.2 Å². The number of likely N-dealkylation sites (N-methyl/N-ethyl adjacent to an activating group) is 1. The third kappa shape index (κ3) is 4.23. The fraction of sp³-hybridized carbons (Fsp3) is 0.286. The number of aromatic nitrogens is 1. The maximum Gasteiger partial charge on any atom is 0.337 e. The molecule has 1 N–H and O–H groups in total. The van der Waals surface area contributed by atoms with Crippen molar-refractivity contribution in [1.82, 2.24) is 9.88 Å². The summed E-state index contributed by atoms with van der Waals surface area (Å²) in [5.41, 5.74) is 1.47. The van der Waals surface area contributed by atoms with Crippen molar-refractivity contribution < 1.29 is 23.7 Å². The van der Waals surface area contributed by atoms with Crippen LogP contribution in [0.1, 0.15) is 20.7 Å². The summed E-state index contributed by atoms with van der Waals surface area (Å²) in [6.45, 7) is 2.93. The Kier molecular flexibility index (Phi) is 5.73. The van der Waals surface area contributed by atoms with Crippen LogP contribution in [-0.2, 0) is 4.74 Å². The predicted octanol–water partition coefficient (Wildman–Crippen LogP) is 2.53. The topological polar surface area (TPSA) is 131 Å². The molecule has 11 heteroatoms. The molecule has 1 amide bonds. The molecule has 0 aliphatic carbocycles. The number of ether oxygens (including phenoxy) is 1. The predicted molar refractivity (Wildman–Crippen MR) is 116 cm³/mol. The minimum absolute atomic E-state index is 0.0854. The molecule has 0 bridgehead atoms. The van der Waals surface area contributed by atoms with E-state index in [1.807, 2.05) is 11.9 Å². The van der Waals surface area contributed by atoms with Crippen LogP contribution >= 0.6 is 0 Å². The SMILES string of the molecule is COC(=O)c1ccc2oc(NC(=O)c3ccc(N4CCN(C)CC4)c([N+](=O)[O-])c3)nc2c1. The first kappa shape index (κ1) is 21.2. The molecular weight excluding hydrogens is 418 g/mol. The van der Waals surface area contributed by atoms with Crippen LogP contribution in [0.3, 0.4) is 0 Å². The molecule has 11 nitrogen and oxygen atoms in total. The molecule has 2 heterocycles. The van der Waals surface area contributed by atoms with Crippen molar-refractivity contribution >= 4 is 40.4 Å². The zero-order chi connectivity index (χ0) is 22.8. The lowest BCUT2D eigenvalue weighted by Crippen LogP contribution is -2.44. The molecule has 1 fully saturated rings. The number of oxazole rings is 1. The number of piperazine rings is 1. The van der Waals surface area contributed by atoms with Crippen LogP contribution in [0.15, 0.2) is 40.8 Å². The number of methoxy groups -OCH3 is 1. The van der Waals surface area contributed by atoms with E-state index in [-0.39, 0.29) is 17.3 Å². The number of nitrogens with one attached hydrogen (secondary N) is 1. The fourth-order valence-electron chi connectivity index (χ4n) is 3.52. The second-order valence-electron chi connectivity index (χ2n) is 7.40. The summed E-state index contributed by atoms with van der Waals surface area (Å²) >= 11 is 0. The molecule has 0 unspecified atom stereocenters. The van der Waals surface area contributed by atoms with Gasteiger partial charge in [-0.2, -0.15) is 4.98 Å². The number of amides is 1. The van der Waals surface area contributed by atoms with Crippen LogP contribution in [0.25, 0.3) is 11.1 Å². The average Bonchev–Trinajstić information content (AvgIpc) is 3.20. The standard InChI is InChI=1S/C21H21N5O6/c1-24-7-9-25(10-8-24)16-5-3-13(12-17(16)26(29)30)19(27)23-21-22-15-11-14(20(28)31-2)4-6-18(15)32-21/h3-6,11-12H,7-10H2,1-2H3,(H,22,23,27). The molecule has 0 spiro atoms. The molecule has 0 radical (unpaired) electrons. The molecule has 166 valence electrons. The Balaban J connectivity index is 1.56. The number of nitro groups is 1. The molecule has 1 aromatic heterocycles. The van der Waals surface area contributed by atoms with Gasteiger partial charge in [-0.3, -0.25) is 20.2 Å². The average molecular weight is 439 g/mol. The number of hydrogen-bond donors (Lipinski definition) is 1. The molecule has 0 atom stereocenters. The third-order valence-corrected chi connectivity index (χ3v) is 5.31. The smallest absolute Gasteiger partial charge is 0.337 e. The van der Waals surface area contributed by atoms with Gasteiger partial charge in [0.25, 0.3) is 11.6 Å². The maximum atomic E-state index is 12.7. The first-order chi connectivity index (χ1) is 15.4. The zero-order valence-corrected chi connectivity index (χ0v) is 17.5. The molecule has 32 heavy (non-hydrogen) atoms. The molecule has 3 aromatic rings. The number of carbonyl (C=O) groups excluding carboxylic acids is 2. The number of benzene rings is 2. The zero-order valence-electron chi connectivity index (χ0n) is 17.5. The highest BCUT2D eigenvalue weighted by molar-refractivity contribution is 6.04. The molecule has 0 saturated carbocycles. The summed E-state index contributed by atoms with van der Waals surface area (Å²) in [6.07, 6.45) is 0. The van der Waals surface area contributed by atoms with Gasteiger partial charge in [0.2, 0.25) is 0 Å². The van der Waals surface area contributed by atoms with E-state index in [0.29, 0.717) is 35.4 Å². The molecule has 1 aliphatic rings. The van der Waals surface area contributed by atoms with E-state index in [1.165, 1.54) is 31.4 Å². The number of nitro benzene ring substituents is 1. The molecule has 1 saturated heterocycles. The Bertz CT molecular complexity index is 1200. The lowest BCUT2D eigenvalue weighted by molar-refractivity contribution is -0.384. The Morgan fingerprint density at radius 3 is 2.53 bits per heavy atom. The minimum atomic E-state index is -0.599. The number of fused-ring (bicyclic) bond motifs is 1. The second-order valence-corrected chi connectivity index (χ2v) is 7.40. The third-order valence-electron chi connectivity index (χ3n) is 5.31. The number of esters is 1. The van der Waals surface area contributed by atoms with Crippen molar-refractivity contribution in [3.63, 3.8) is 0 Å². The summed E-state index contributed by atoms with van der Waals surface area (Å²) < 4.78 is 10.2. The van der Waals surface area contributed by atoms with Crippen LogP contribution in [0, 0.1) is 10.1 Å². The molecule has 4 rings (SSSR count). The van der Waals surface area contributed by atoms with E-state index in [2.05, 4.69) is 19.9 Å². The van der Waals surface area contributed by atoms with Crippen LogP contribution in [0.5, 0.6) is 0 Å². The minimum Gasteiger partial charge on any atom is -0.465 e. The van der Waals surface area contributed by atoms with Gasteiger partial charge in [0, 0.05) is 37.8 Å². The van der Waals surface area contributed by atoms with E-state index in [1.54, 1.807) is 12.1 Å². The Morgan fingerprint density at radius 2 is 1.84 bits per heavy atom. The Morgan fingerprint density at radius 1 is 1.12 bits per heavy atom. The first-order valence-electron chi connectivity index (χ1n) is 9.88. The van der Waals surface area contributed by atoms with Crippen molar-refractivity contribution in [3.8, 4) is 0 Å². The van der Waals surface area contributed by atoms with Gasteiger partial charge < -0.3 is 19.0 Å². The fourth-order valence-corrected chi connectivity index (χ4v) is 3.52. The summed E-state index contributed by atoms with van der Waals surface area (Å²) in [5.74, 6) is -1.12. The summed E-state index contributed by atoms with van der Waals surface area (Å²) in [6, 6.07) is 8.83. The lowest BCUT2D eigenvalue weighted by atomic mass is 10.1. The van der Waals surface area contributed by atoms with Gasteiger partial charge in [-0.15, -0.1) is 0 Å². The lowest BCUT2D eigenvalue weighted by Gasteiger charge is -2.33. The van der Waals surface area contributed by atoms with Gasteiger partial charge in [-0.05, 0) is 37.4 Å². The van der Waals surface area contributed by atoms with Crippen molar-refractivity contribution in [2.45, 2.75) is 0 Å². The molecular formula is C21H21N5O6. The summed E-state index contributed by atoms with van der Waals surface area (Å²) in [5, 5.41) is 14.2. The number of hydrogen-bond acceptors (Lipinski definition) is 9. The van der Waals surface area contributed by atoms with E-state index in [4.69, 9.17) is 4.42 Å². The van der Waals surface area contributed by atoms with Gasteiger partial charge in [0.15, 0.2) is 5.58 Å². The number of rotatable bonds is 5. The number of nitrogens with zero attached hydrogens (tertiary/aromatic N) is 4. The number of carbonyl (C=O) groups is 2. The second kappa shape index (κ2) is 8.63. The van der Waals surface area contributed by atoms with Crippen molar-refractivity contribution in [2.24, 2.45) is 0 Å². The van der Waals surface area contributed by atoms with Crippen LogP contribution in [0.4, 0.5) is 17.4 Å². The van der Waals surface area contributed by atoms with Gasteiger partial charge >= 0.3 is 12.0 Å². The molecule has 2 aromatic carbocycles. The monoisotopic (exact) mass is 439 g/mol. The largest absolute Gasteiger partial charge is 0.465 e. The van der Waals surface area contributed by atoms with Crippen LogP contribution in [0.2, 0.25) is 0 Å². The van der Waals surface area contributed by atoms with Crippen molar-refractivity contribution in [1.29, 1.82) is 0 Å². The first-order valence-corrected chi connectivity index (χ1v) is 9.88.